The summed E-state index contributed by atoms with van der Waals surface area (Å²) in [5.41, 5.74) is 0.653. The molecule has 0 saturated carbocycles. The van der Waals surface area contributed by atoms with Crippen LogP contribution in [0.3, 0.4) is 0 Å². The van der Waals surface area contributed by atoms with Gasteiger partial charge in [-0.3, -0.25) is 10.3 Å². The van der Waals surface area contributed by atoms with Crippen LogP contribution in [0.1, 0.15) is 5.56 Å². The van der Waals surface area contributed by atoms with Gasteiger partial charge in [0.2, 0.25) is 0 Å². The van der Waals surface area contributed by atoms with E-state index < -0.39 is 6.09 Å². The summed E-state index contributed by atoms with van der Waals surface area (Å²) in [5, 5.41) is 26.4. The van der Waals surface area contributed by atoms with Gasteiger partial charge < -0.3 is 10.3 Å². The van der Waals surface area contributed by atoms with Crippen molar-refractivity contribution in [2.45, 2.75) is 6.54 Å². The smallest absolute Gasteiger partial charge is 0.412 e. The van der Waals surface area contributed by atoms with Crippen molar-refractivity contribution in [2.24, 2.45) is 0 Å². The molecular weight excluding hydrogens is 246 g/mol. The summed E-state index contributed by atoms with van der Waals surface area (Å²) in [7, 11) is 0. The van der Waals surface area contributed by atoms with E-state index in [2.05, 4.69) is 0 Å². The van der Waals surface area contributed by atoms with Crippen molar-refractivity contribution in [1.82, 2.24) is 4.73 Å². The van der Waals surface area contributed by atoms with E-state index in [0.717, 1.165) is 10.5 Å². The van der Waals surface area contributed by atoms with E-state index in [4.69, 9.17) is 5.41 Å². The van der Waals surface area contributed by atoms with Crippen LogP contribution in [0.25, 0.3) is 0 Å². The number of nitrogens with one attached hydrogen (secondary N) is 1. The Morgan fingerprint density at radius 2 is 1.89 bits per heavy atom. The van der Waals surface area contributed by atoms with E-state index in [1.54, 1.807) is 12.1 Å². The van der Waals surface area contributed by atoms with Crippen LogP contribution < -0.4 is 10.4 Å². The first-order valence-corrected chi connectivity index (χ1v) is 5.59. The Labute approximate surface area is 109 Å². The molecule has 1 aromatic heterocycles. The van der Waals surface area contributed by atoms with Crippen molar-refractivity contribution in [1.29, 1.82) is 5.41 Å². The number of carboxylic acid groups (broad SMARTS) is 1. The molecule has 2 aromatic rings. The minimum atomic E-state index is -1.18. The first kappa shape index (κ1) is 12.7. The number of benzene rings is 1. The number of rotatable bonds is 3. The molecule has 2 rings (SSSR count). The van der Waals surface area contributed by atoms with Crippen molar-refractivity contribution in [3.05, 3.63) is 59.7 Å². The van der Waals surface area contributed by atoms with Gasteiger partial charge in [0.25, 0.3) is 0 Å². The predicted molar refractivity (Wildman–Crippen MR) is 68.1 cm³/mol. The van der Waals surface area contributed by atoms with E-state index >= 15 is 0 Å². The van der Waals surface area contributed by atoms with Gasteiger partial charge in [-0.1, -0.05) is 30.3 Å². The highest BCUT2D eigenvalue weighted by atomic mass is 16.5. The lowest BCUT2D eigenvalue weighted by Gasteiger charge is -2.19. The maximum atomic E-state index is 11.3. The second kappa shape index (κ2) is 5.26. The average molecular weight is 259 g/mol. The molecule has 1 heterocycles. The van der Waals surface area contributed by atoms with Crippen LogP contribution in [0, 0.1) is 5.41 Å². The van der Waals surface area contributed by atoms with Crippen molar-refractivity contribution in [3.63, 3.8) is 0 Å². The zero-order valence-corrected chi connectivity index (χ0v) is 10.0. The van der Waals surface area contributed by atoms with Crippen LogP contribution in [0.5, 0.6) is 0 Å². The Morgan fingerprint density at radius 1 is 1.21 bits per heavy atom. The van der Waals surface area contributed by atoms with Crippen LogP contribution in [-0.4, -0.2) is 21.1 Å². The van der Waals surface area contributed by atoms with E-state index in [9.17, 15) is 15.1 Å². The molecule has 0 bridgehead atoms. The number of carbonyl (C=O) groups is 1. The van der Waals surface area contributed by atoms with E-state index in [-0.39, 0.29) is 17.7 Å². The largest absolute Gasteiger partial charge is 0.465 e. The predicted octanol–water partition coefficient (Wildman–Crippen LogP) is 1.89. The van der Waals surface area contributed by atoms with Crippen molar-refractivity contribution in [3.8, 4) is 0 Å². The van der Waals surface area contributed by atoms with E-state index in [1.165, 1.54) is 18.3 Å². The second-order valence-corrected chi connectivity index (χ2v) is 3.94. The van der Waals surface area contributed by atoms with Gasteiger partial charge >= 0.3 is 6.09 Å². The molecule has 0 saturated heterocycles. The molecule has 0 atom stereocenters. The van der Waals surface area contributed by atoms with Gasteiger partial charge in [-0.2, -0.15) is 4.73 Å². The quantitative estimate of drug-likeness (QED) is 0.735. The molecule has 98 valence electrons. The van der Waals surface area contributed by atoms with Gasteiger partial charge in [0.15, 0.2) is 5.49 Å². The Hall–Kier alpha value is -2.76. The standard InChI is InChI=1S/C13H13N3O3/c14-12-11(7-4-8-16(12)19)15(13(17)18)9-10-5-2-1-3-6-10/h1-8,14,19H,9H2,(H,17,18). The average Bonchev–Trinajstić information content (AvgIpc) is 2.40. The molecule has 0 aliphatic carbocycles. The van der Waals surface area contributed by atoms with Crippen LogP contribution in [0.2, 0.25) is 0 Å². The molecule has 1 amide bonds. The number of anilines is 1. The number of pyridine rings is 1. The van der Waals surface area contributed by atoms with Gasteiger partial charge in [-0.15, -0.1) is 0 Å². The molecule has 6 nitrogen and oxygen atoms in total. The monoisotopic (exact) mass is 259 g/mol. The minimum Gasteiger partial charge on any atom is -0.465 e. The normalized spacial score (nSPS) is 10.1. The number of hydrogen-bond acceptors (Lipinski definition) is 3. The summed E-state index contributed by atoms with van der Waals surface area (Å²) < 4.78 is 0.580. The second-order valence-electron chi connectivity index (χ2n) is 3.94. The maximum Gasteiger partial charge on any atom is 0.412 e. The molecule has 0 aliphatic rings. The third-order valence-electron chi connectivity index (χ3n) is 2.66. The van der Waals surface area contributed by atoms with E-state index in [0.29, 0.717) is 4.73 Å². The fraction of sp³-hybridized carbons (Fsp3) is 0.0769. The fourth-order valence-corrected chi connectivity index (χ4v) is 1.73. The molecule has 0 aliphatic heterocycles. The molecule has 3 N–H and O–H groups in total. The van der Waals surface area contributed by atoms with Crippen LogP contribution in [0.4, 0.5) is 10.5 Å². The first-order chi connectivity index (χ1) is 9.09. The summed E-state index contributed by atoms with van der Waals surface area (Å²) >= 11 is 0. The van der Waals surface area contributed by atoms with Crippen LogP contribution >= 0.6 is 0 Å². The zero-order chi connectivity index (χ0) is 13.8. The summed E-state index contributed by atoms with van der Waals surface area (Å²) in [6.07, 6.45) is 0.0949. The Morgan fingerprint density at radius 3 is 2.53 bits per heavy atom. The highest BCUT2D eigenvalue weighted by molar-refractivity contribution is 5.85. The number of hydrogen-bond donors (Lipinski definition) is 3. The summed E-state index contributed by atoms with van der Waals surface area (Å²) in [6, 6.07) is 12.0. The maximum absolute atomic E-state index is 11.3. The first-order valence-electron chi connectivity index (χ1n) is 5.59. The Kier molecular flexibility index (Phi) is 3.51. The van der Waals surface area contributed by atoms with Crippen molar-refractivity contribution < 1.29 is 15.1 Å². The van der Waals surface area contributed by atoms with Gasteiger partial charge in [0.1, 0.15) is 0 Å². The van der Waals surface area contributed by atoms with Crippen molar-refractivity contribution >= 4 is 11.8 Å². The molecule has 0 radical (unpaired) electrons. The molecule has 6 heteroatoms. The zero-order valence-electron chi connectivity index (χ0n) is 10.0. The highest BCUT2D eigenvalue weighted by Crippen LogP contribution is 2.12. The van der Waals surface area contributed by atoms with Gasteiger partial charge in [-0.05, 0) is 17.7 Å². The lowest BCUT2D eigenvalue weighted by atomic mass is 10.2. The lowest BCUT2D eigenvalue weighted by molar-refractivity contribution is 0.170. The van der Waals surface area contributed by atoms with Gasteiger partial charge in [-0.25, -0.2) is 4.79 Å². The van der Waals surface area contributed by atoms with E-state index in [1.807, 2.05) is 18.2 Å². The number of nitrogens with zero attached hydrogens (tertiary/aromatic N) is 2. The molecule has 0 unspecified atom stereocenters. The van der Waals surface area contributed by atoms with Crippen LogP contribution in [-0.2, 0) is 6.54 Å². The number of amides is 1. The SMILES string of the molecule is N=c1c(N(Cc2ccccc2)C(=O)O)cccn1O. The fourth-order valence-electron chi connectivity index (χ4n) is 1.73. The Balaban J connectivity index is 2.39. The van der Waals surface area contributed by atoms with Gasteiger partial charge in [0, 0.05) is 6.20 Å². The topological polar surface area (TPSA) is 89.5 Å². The molecular formula is C13H13N3O3. The highest BCUT2D eigenvalue weighted by Gasteiger charge is 2.17. The van der Waals surface area contributed by atoms with Crippen molar-refractivity contribution in [2.75, 3.05) is 4.90 Å². The number of aromatic nitrogens is 1. The Bertz CT molecular complexity index is 637. The summed E-state index contributed by atoms with van der Waals surface area (Å²) in [6.45, 7) is 0.117. The lowest BCUT2D eigenvalue weighted by Crippen LogP contribution is -2.35. The molecule has 1 aromatic carbocycles. The van der Waals surface area contributed by atoms with Crippen LogP contribution in [0.15, 0.2) is 48.7 Å². The summed E-state index contributed by atoms with van der Waals surface area (Å²) in [4.78, 5) is 12.3. The summed E-state index contributed by atoms with van der Waals surface area (Å²) in [5.74, 6) is 0. The van der Waals surface area contributed by atoms with Gasteiger partial charge in [0.05, 0.1) is 12.2 Å². The molecule has 0 spiro atoms. The third-order valence-corrected chi connectivity index (χ3v) is 2.66. The molecule has 19 heavy (non-hydrogen) atoms. The third kappa shape index (κ3) is 2.74. The molecule has 0 fully saturated rings. The minimum absolute atomic E-state index is 0.117.